The van der Waals surface area contributed by atoms with Gasteiger partial charge in [-0.05, 0) is 42.3 Å². The fraction of sp³-hybridized carbons (Fsp3) is 0.111. The molecule has 0 bridgehead atoms. The van der Waals surface area contributed by atoms with E-state index in [2.05, 4.69) is 13.0 Å². The van der Waals surface area contributed by atoms with E-state index < -0.39 is 0 Å². The highest BCUT2D eigenvalue weighted by Crippen LogP contribution is 2.38. The van der Waals surface area contributed by atoms with Crippen LogP contribution in [0.2, 0.25) is 5.02 Å². The number of hydrogen-bond acceptors (Lipinski definition) is 3. The normalized spacial score (nSPS) is 15.1. The summed E-state index contributed by atoms with van der Waals surface area (Å²) < 4.78 is 17.1. The van der Waals surface area contributed by atoms with Crippen LogP contribution in [0.1, 0.15) is 23.6 Å². The van der Waals surface area contributed by atoms with Gasteiger partial charge in [0.15, 0.2) is 4.32 Å². The first-order valence-corrected chi connectivity index (χ1v) is 12.4. The second kappa shape index (κ2) is 9.37. The lowest BCUT2D eigenvalue weighted by molar-refractivity contribution is -0.113. The van der Waals surface area contributed by atoms with Crippen LogP contribution in [0.3, 0.4) is 0 Å². The molecule has 0 atom stereocenters. The first-order valence-electron chi connectivity index (χ1n) is 10.8. The standard InChI is InChI=1S/C27H20ClFN2OS2/c1-2-17-8-6-11-20-18(15-30(25(17)20)16-21-22(28)12-7-13-23(21)29)14-24-26(32)31(27(33)34-24)19-9-4-3-5-10-19/h3-15H,2,16H2,1H3/b24-14-. The van der Waals surface area contributed by atoms with Crippen molar-refractivity contribution >= 4 is 68.5 Å². The lowest BCUT2D eigenvalue weighted by Gasteiger charge is -2.13. The van der Waals surface area contributed by atoms with Crippen LogP contribution in [-0.2, 0) is 17.8 Å². The molecule has 2 heterocycles. The van der Waals surface area contributed by atoms with E-state index in [0.717, 1.165) is 34.1 Å². The van der Waals surface area contributed by atoms with Gasteiger partial charge in [-0.3, -0.25) is 9.69 Å². The Balaban J connectivity index is 1.60. The molecule has 3 nitrogen and oxygen atoms in total. The van der Waals surface area contributed by atoms with Gasteiger partial charge in [-0.1, -0.05) is 85.0 Å². The van der Waals surface area contributed by atoms with Gasteiger partial charge in [-0.15, -0.1) is 0 Å². The molecule has 0 aliphatic carbocycles. The van der Waals surface area contributed by atoms with E-state index in [1.54, 1.807) is 17.0 Å². The van der Waals surface area contributed by atoms with Crippen molar-refractivity contribution in [1.29, 1.82) is 0 Å². The first-order chi connectivity index (χ1) is 16.5. The van der Waals surface area contributed by atoms with E-state index in [1.807, 2.05) is 59.3 Å². The van der Waals surface area contributed by atoms with Crippen LogP contribution in [-0.4, -0.2) is 14.8 Å². The summed E-state index contributed by atoms with van der Waals surface area (Å²) in [4.78, 5) is 15.4. The molecule has 4 aromatic rings. The summed E-state index contributed by atoms with van der Waals surface area (Å²) in [5.74, 6) is -0.487. The van der Waals surface area contributed by atoms with E-state index in [1.165, 1.54) is 17.8 Å². The van der Waals surface area contributed by atoms with Gasteiger partial charge in [0.05, 0.1) is 22.7 Å². The van der Waals surface area contributed by atoms with Crippen LogP contribution >= 0.6 is 35.6 Å². The fourth-order valence-electron chi connectivity index (χ4n) is 4.25. The number of halogens is 2. The van der Waals surface area contributed by atoms with Crippen LogP contribution in [0.25, 0.3) is 17.0 Å². The monoisotopic (exact) mass is 506 g/mol. The third-order valence-corrected chi connectivity index (χ3v) is 7.53. The molecule has 1 amide bonds. The number of carbonyl (C=O) groups excluding carboxylic acids is 1. The number of thiocarbonyl (C=S) groups is 1. The summed E-state index contributed by atoms with van der Waals surface area (Å²) in [6.45, 7) is 2.38. The molecule has 1 aromatic heterocycles. The minimum absolute atomic E-state index is 0.147. The zero-order valence-electron chi connectivity index (χ0n) is 18.3. The molecule has 7 heteroatoms. The zero-order chi connectivity index (χ0) is 23.8. The average molecular weight is 507 g/mol. The molecule has 1 aliphatic heterocycles. The molecule has 1 aliphatic rings. The van der Waals surface area contributed by atoms with Crippen molar-refractivity contribution in [3.05, 3.63) is 105 Å². The second-order valence-corrected chi connectivity index (χ2v) is 10.0. The molecule has 0 spiro atoms. The van der Waals surface area contributed by atoms with Crippen LogP contribution in [0.4, 0.5) is 10.1 Å². The number of benzene rings is 3. The van der Waals surface area contributed by atoms with Gasteiger partial charge < -0.3 is 4.57 Å². The highest BCUT2D eigenvalue weighted by Gasteiger charge is 2.33. The Morgan fingerprint density at radius 2 is 1.82 bits per heavy atom. The third-order valence-electron chi connectivity index (χ3n) is 5.88. The van der Waals surface area contributed by atoms with Crippen LogP contribution < -0.4 is 4.90 Å². The molecule has 0 unspecified atom stereocenters. The second-order valence-electron chi connectivity index (χ2n) is 7.93. The maximum atomic E-state index is 14.6. The van der Waals surface area contributed by atoms with Crippen molar-refractivity contribution in [1.82, 2.24) is 4.57 Å². The molecule has 170 valence electrons. The number of para-hydroxylation sites is 2. The molecule has 0 N–H and O–H groups in total. The quantitative estimate of drug-likeness (QED) is 0.207. The molecule has 34 heavy (non-hydrogen) atoms. The zero-order valence-corrected chi connectivity index (χ0v) is 20.7. The predicted octanol–water partition coefficient (Wildman–Crippen LogP) is 7.45. The van der Waals surface area contributed by atoms with E-state index in [0.29, 0.717) is 19.8 Å². The molecule has 1 fully saturated rings. The predicted molar refractivity (Wildman–Crippen MR) is 144 cm³/mol. The average Bonchev–Trinajstić information content (AvgIpc) is 3.33. The number of aromatic nitrogens is 1. The Morgan fingerprint density at radius 1 is 1.06 bits per heavy atom. The van der Waals surface area contributed by atoms with E-state index in [-0.39, 0.29) is 18.3 Å². The Kier molecular flexibility index (Phi) is 6.30. The minimum atomic E-state index is -0.339. The number of fused-ring (bicyclic) bond motifs is 1. The van der Waals surface area contributed by atoms with Crippen LogP contribution in [0.15, 0.2) is 77.8 Å². The maximum absolute atomic E-state index is 14.6. The number of rotatable bonds is 5. The number of amides is 1. The first kappa shape index (κ1) is 22.8. The minimum Gasteiger partial charge on any atom is -0.342 e. The molecule has 0 saturated carbocycles. The van der Waals surface area contributed by atoms with Gasteiger partial charge in [-0.2, -0.15) is 0 Å². The summed E-state index contributed by atoms with van der Waals surface area (Å²) in [6, 6.07) is 20.2. The molecule has 1 saturated heterocycles. The summed E-state index contributed by atoms with van der Waals surface area (Å²) in [6.07, 6.45) is 4.66. The number of aryl methyl sites for hydroxylation is 1. The van der Waals surface area contributed by atoms with Gasteiger partial charge in [0.2, 0.25) is 0 Å². The van der Waals surface area contributed by atoms with Crippen molar-refractivity contribution in [2.45, 2.75) is 19.9 Å². The Labute approximate surface area is 211 Å². The lowest BCUT2D eigenvalue weighted by Crippen LogP contribution is -2.27. The largest absolute Gasteiger partial charge is 0.342 e. The molecule has 0 radical (unpaired) electrons. The number of nitrogens with zero attached hydrogens (tertiary/aromatic N) is 2. The van der Waals surface area contributed by atoms with E-state index in [4.69, 9.17) is 23.8 Å². The molecular weight excluding hydrogens is 487 g/mol. The van der Waals surface area contributed by atoms with Gasteiger partial charge in [0.1, 0.15) is 5.82 Å². The summed E-state index contributed by atoms with van der Waals surface area (Å²) in [5, 5.41) is 1.39. The van der Waals surface area contributed by atoms with Crippen LogP contribution in [0, 0.1) is 5.82 Å². The smallest absolute Gasteiger partial charge is 0.270 e. The van der Waals surface area contributed by atoms with Crippen molar-refractivity contribution < 1.29 is 9.18 Å². The highest BCUT2D eigenvalue weighted by molar-refractivity contribution is 8.27. The maximum Gasteiger partial charge on any atom is 0.270 e. The van der Waals surface area contributed by atoms with Gasteiger partial charge in [0, 0.05) is 27.7 Å². The number of carbonyl (C=O) groups is 1. The summed E-state index contributed by atoms with van der Waals surface area (Å²) in [5.41, 5.74) is 4.22. The van der Waals surface area contributed by atoms with Gasteiger partial charge >= 0.3 is 0 Å². The number of anilines is 1. The van der Waals surface area contributed by atoms with Crippen molar-refractivity contribution in [3.63, 3.8) is 0 Å². The van der Waals surface area contributed by atoms with Crippen molar-refractivity contribution in [2.24, 2.45) is 0 Å². The van der Waals surface area contributed by atoms with E-state index >= 15 is 0 Å². The summed E-state index contributed by atoms with van der Waals surface area (Å²) in [7, 11) is 0. The Bertz CT molecular complexity index is 1440. The van der Waals surface area contributed by atoms with Crippen molar-refractivity contribution in [2.75, 3.05) is 4.90 Å². The third kappa shape index (κ3) is 4.06. The molecular formula is C27H20ClFN2OS2. The lowest BCUT2D eigenvalue weighted by atomic mass is 10.1. The van der Waals surface area contributed by atoms with Crippen molar-refractivity contribution in [3.8, 4) is 0 Å². The topological polar surface area (TPSA) is 25.2 Å². The van der Waals surface area contributed by atoms with E-state index in [9.17, 15) is 9.18 Å². The summed E-state index contributed by atoms with van der Waals surface area (Å²) >= 11 is 13.1. The van der Waals surface area contributed by atoms with Gasteiger partial charge in [-0.25, -0.2) is 4.39 Å². The molecule has 5 rings (SSSR count). The molecule has 3 aromatic carbocycles. The highest BCUT2D eigenvalue weighted by atomic mass is 35.5. The van der Waals surface area contributed by atoms with Gasteiger partial charge in [0.25, 0.3) is 5.91 Å². The Morgan fingerprint density at radius 3 is 2.56 bits per heavy atom. The Hall–Kier alpha value is -2.93. The van der Waals surface area contributed by atoms with Crippen LogP contribution in [0.5, 0.6) is 0 Å². The fourth-order valence-corrected chi connectivity index (χ4v) is 5.77. The SMILES string of the molecule is CCc1cccc2c(/C=C3\SC(=S)N(c4ccccc4)C3=O)cn(Cc3c(F)cccc3Cl)c12. The number of thioether (sulfide) groups is 1. The number of hydrogen-bond donors (Lipinski definition) is 0.